The fourth-order valence-electron chi connectivity index (χ4n) is 3.60. The van der Waals surface area contributed by atoms with Crippen LogP contribution in [0.25, 0.3) is 0 Å². The van der Waals surface area contributed by atoms with E-state index in [4.69, 9.17) is 0 Å². The topological polar surface area (TPSA) is 111 Å². The van der Waals surface area contributed by atoms with E-state index in [1.165, 1.54) is 6.07 Å². The summed E-state index contributed by atoms with van der Waals surface area (Å²) in [7, 11) is 0. The van der Waals surface area contributed by atoms with Crippen molar-refractivity contribution in [1.29, 1.82) is 0 Å². The first-order valence-corrected chi connectivity index (χ1v) is 11.0. The lowest BCUT2D eigenvalue weighted by Crippen LogP contribution is -2.51. The lowest BCUT2D eigenvalue weighted by Gasteiger charge is -2.34. The molecule has 2 aromatic rings. The zero-order chi connectivity index (χ0) is 23.3. The average Bonchev–Trinajstić information content (AvgIpc) is 2.74. The van der Waals surface area contributed by atoms with Crippen molar-refractivity contribution in [2.45, 2.75) is 40.2 Å². The SMILES string of the molecule is CC[C@H](C)NC(=O)CN1CCN(C(=O)c2cc(Nc3nc(C)cc(C)n3)ccc2O)CC1. The number of piperazine rings is 1. The first kappa shape index (κ1) is 23.5. The van der Waals surface area contributed by atoms with Gasteiger partial charge in [-0.15, -0.1) is 0 Å². The van der Waals surface area contributed by atoms with Crippen LogP contribution in [0.4, 0.5) is 11.6 Å². The molecule has 1 aliphatic rings. The van der Waals surface area contributed by atoms with Gasteiger partial charge in [0.15, 0.2) is 0 Å². The van der Waals surface area contributed by atoms with Gasteiger partial charge in [-0.05, 0) is 51.5 Å². The number of aromatic nitrogens is 2. The lowest BCUT2D eigenvalue weighted by molar-refractivity contribution is -0.123. The number of benzene rings is 1. The summed E-state index contributed by atoms with van der Waals surface area (Å²) >= 11 is 0. The smallest absolute Gasteiger partial charge is 0.257 e. The molecule has 3 rings (SSSR count). The van der Waals surface area contributed by atoms with Crippen LogP contribution in [0.5, 0.6) is 5.75 Å². The molecule has 32 heavy (non-hydrogen) atoms. The number of hydrogen-bond acceptors (Lipinski definition) is 7. The molecule has 1 saturated heterocycles. The summed E-state index contributed by atoms with van der Waals surface area (Å²) in [4.78, 5) is 37.6. The average molecular weight is 441 g/mol. The maximum Gasteiger partial charge on any atom is 0.257 e. The number of nitrogens with one attached hydrogen (secondary N) is 2. The van der Waals surface area contributed by atoms with E-state index in [1.54, 1.807) is 17.0 Å². The largest absolute Gasteiger partial charge is 0.507 e. The maximum absolute atomic E-state index is 13.1. The highest BCUT2D eigenvalue weighted by Crippen LogP contribution is 2.25. The second kappa shape index (κ2) is 10.4. The number of aromatic hydroxyl groups is 1. The van der Waals surface area contributed by atoms with E-state index in [0.29, 0.717) is 44.4 Å². The summed E-state index contributed by atoms with van der Waals surface area (Å²) in [6.07, 6.45) is 0.890. The van der Waals surface area contributed by atoms with Gasteiger partial charge in [-0.25, -0.2) is 9.97 Å². The summed E-state index contributed by atoms with van der Waals surface area (Å²) in [6, 6.07) is 6.83. The fourth-order valence-corrected chi connectivity index (χ4v) is 3.60. The minimum atomic E-state index is -0.240. The molecule has 1 atom stereocenters. The van der Waals surface area contributed by atoms with Crippen LogP contribution < -0.4 is 10.6 Å². The second-order valence-corrected chi connectivity index (χ2v) is 8.28. The highest BCUT2D eigenvalue weighted by atomic mass is 16.3. The summed E-state index contributed by atoms with van der Waals surface area (Å²) < 4.78 is 0. The second-order valence-electron chi connectivity index (χ2n) is 8.28. The van der Waals surface area contributed by atoms with Crippen LogP contribution >= 0.6 is 0 Å². The Balaban J connectivity index is 1.61. The molecule has 3 N–H and O–H groups in total. The Bertz CT molecular complexity index is 952. The van der Waals surface area contributed by atoms with E-state index in [0.717, 1.165) is 17.8 Å². The summed E-state index contributed by atoms with van der Waals surface area (Å²) in [5.41, 5.74) is 2.52. The third kappa shape index (κ3) is 6.16. The van der Waals surface area contributed by atoms with E-state index in [-0.39, 0.29) is 29.2 Å². The van der Waals surface area contributed by atoms with Crippen molar-refractivity contribution < 1.29 is 14.7 Å². The zero-order valence-corrected chi connectivity index (χ0v) is 19.2. The van der Waals surface area contributed by atoms with Crippen molar-refractivity contribution in [3.05, 3.63) is 41.2 Å². The molecule has 1 aromatic heterocycles. The Labute approximate surface area is 188 Å². The number of aryl methyl sites for hydroxylation is 2. The molecule has 9 heteroatoms. The van der Waals surface area contributed by atoms with E-state index in [9.17, 15) is 14.7 Å². The Kier molecular flexibility index (Phi) is 7.63. The summed E-state index contributed by atoms with van der Waals surface area (Å²) in [6.45, 7) is 10.3. The Morgan fingerprint density at radius 2 is 1.75 bits per heavy atom. The number of phenols is 1. The molecule has 0 bridgehead atoms. The number of phenolic OH excluding ortho intramolecular Hbond substituents is 1. The van der Waals surface area contributed by atoms with Gasteiger partial charge < -0.3 is 20.6 Å². The van der Waals surface area contributed by atoms with Crippen molar-refractivity contribution in [3.63, 3.8) is 0 Å². The number of hydrogen-bond donors (Lipinski definition) is 3. The van der Waals surface area contributed by atoms with Gasteiger partial charge in [0.2, 0.25) is 11.9 Å². The van der Waals surface area contributed by atoms with Gasteiger partial charge in [0, 0.05) is 49.3 Å². The minimum absolute atomic E-state index is 0.00384. The molecule has 2 amide bonds. The van der Waals surface area contributed by atoms with Crippen LogP contribution in [-0.2, 0) is 4.79 Å². The first-order valence-electron chi connectivity index (χ1n) is 11.0. The molecule has 2 heterocycles. The first-order chi connectivity index (χ1) is 15.2. The van der Waals surface area contributed by atoms with Crippen molar-refractivity contribution in [2.24, 2.45) is 0 Å². The Morgan fingerprint density at radius 3 is 2.38 bits per heavy atom. The third-order valence-corrected chi connectivity index (χ3v) is 5.51. The van der Waals surface area contributed by atoms with Gasteiger partial charge in [0.1, 0.15) is 5.75 Å². The molecule has 0 unspecified atom stereocenters. The predicted molar refractivity (Wildman–Crippen MR) is 123 cm³/mol. The van der Waals surface area contributed by atoms with Crippen molar-refractivity contribution in [1.82, 2.24) is 25.1 Å². The quantitative estimate of drug-likeness (QED) is 0.566. The van der Waals surface area contributed by atoms with Gasteiger partial charge >= 0.3 is 0 Å². The van der Waals surface area contributed by atoms with Crippen LogP contribution in [0.1, 0.15) is 42.0 Å². The highest BCUT2D eigenvalue weighted by molar-refractivity contribution is 5.98. The molecule has 1 aliphatic heterocycles. The van der Waals surface area contributed by atoms with Gasteiger partial charge in [-0.2, -0.15) is 0 Å². The molecule has 0 saturated carbocycles. The fraction of sp³-hybridized carbons (Fsp3) is 0.478. The van der Waals surface area contributed by atoms with Crippen molar-refractivity contribution in [3.8, 4) is 5.75 Å². The number of rotatable bonds is 7. The maximum atomic E-state index is 13.1. The van der Waals surface area contributed by atoms with Crippen molar-refractivity contribution >= 4 is 23.5 Å². The molecule has 0 radical (unpaired) electrons. The van der Waals surface area contributed by atoms with E-state index >= 15 is 0 Å². The standard InChI is InChI=1S/C23H32N6O3/c1-5-15(2)24-21(31)14-28-8-10-29(11-9-28)22(32)19-13-18(6-7-20(19)30)27-23-25-16(3)12-17(4)26-23/h6-7,12-13,15,30H,5,8-11,14H2,1-4H3,(H,24,31)(H,25,26,27)/t15-/m0/s1. The number of amides is 2. The minimum Gasteiger partial charge on any atom is -0.507 e. The van der Waals surface area contributed by atoms with Gasteiger partial charge in [0.25, 0.3) is 5.91 Å². The molecule has 0 spiro atoms. The number of carbonyl (C=O) groups is 2. The molecule has 1 fully saturated rings. The molecular weight excluding hydrogens is 408 g/mol. The highest BCUT2D eigenvalue weighted by Gasteiger charge is 2.25. The van der Waals surface area contributed by atoms with E-state index in [2.05, 4.69) is 20.6 Å². The molecule has 1 aromatic carbocycles. The number of anilines is 2. The zero-order valence-electron chi connectivity index (χ0n) is 19.2. The van der Waals surface area contributed by atoms with Gasteiger partial charge in [0.05, 0.1) is 12.1 Å². The Morgan fingerprint density at radius 1 is 1.09 bits per heavy atom. The molecular formula is C23H32N6O3. The monoisotopic (exact) mass is 440 g/mol. The van der Waals surface area contributed by atoms with Crippen LogP contribution in [0.3, 0.4) is 0 Å². The van der Waals surface area contributed by atoms with Crippen LogP contribution in [0.15, 0.2) is 24.3 Å². The Hall–Kier alpha value is -3.20. The van der Waals surface area contributed by atoms with Crippen molar-refractivity contribution in [2.75, 3.05) is 38.0 Å². The molecule has 0 aliphatic carbocycles. The third-order valence-electron chi connectivity index (χ3n) is 5.51. The summed E-state index contributed by atoms with van der Waals surface area (Å²) in [5.74, 6) is 0.133. The van der Waals surface area contributed by atoms with Crippen LogP contribution in [0.2, 0.25) is 0 Å². The van der Waals surface area contributed by atoms with E-state index < -0.39 is 0 Å². The molecule has 9 nitrogen and oxygen atoms in total. The van der Waals surface area contributed by atoms with E-state index in [1.807, 2.05) is 38.7 Å². The molecule has 172 valence electrons. The van der Waals surface area contributed by atoms with Crippen LogP contribution in [-0.4, -0.2) is 75.5 Å². The van der Waals surface area contributed by atoms with Crippen LogP contribution in [0, 0.1) is 13.8 Å². The number of nitrogens with zero attached hydrogens (tertiary/aromatic N) is 4. The van der Waals surface area contributed by atoms with Gasteiger partial charge in [-0.3, -0.25) is 14.5 Å². The summed E-state index contributed by atoms with van der Waals surface area (Å²) in [5, 5.41) is 16.4. The normalized spacial score (nSPS) is 15.3. The number of carbonyl (C=O) groups excluding carboxylic acids is 2. The van der Waals surface area contributed by atoms with Gasteiger partial charge in [-0.1, -0.05) is 6.92 Å². The predicted octanol–water partition coefficient (Wildman–Crippen LogP) is 2.22. The lowest BCUT2D eigenvalue weighted by atomic mass is 10.1.